The van der Waals surface area contributed by atoms with Gasteiger partial charge in [0.25, 0.3) is 0 Å². The number of ether oxygens (including phenoxy) is 1. The third kappa shape index (κ3) is 5.36. The van der Waals surface area contributed by atoms with Crippen molar-refractivity contribution in [2.75, 3.05) is 5.43 Å². The Balaban J connectivity index is 1.71. The number of hydrazone groups is 1. The Morgan fingerprint density at radius 3 is 2.34 bits per heavy atom. The summed E-state index contributed by atoms with van der Waals surface area (Å²) in [6, 6.07) is 8.61. The van der Waals surface area contributed by atoms with Gasteiger partial charge >= 0.3 is 6.18 Å². The Labute approximate surface area is 174 Å². The second kappa shape index (κ2) is 8.67. The average Bonchev–Trinajstić information content (AvgIpc) is 2.69. The van der Waals surface area contributed by atoms with Crippen LogP contribution >= 0.6 is 23.2 Å². The Bertz CT molecular complexity index is 1020. The number of hydrogen-bond donors (Lipinski definition) is 1. The van der Waals surface area contributed by atoms with Crippen molar-refractivity contribution in [2.24, 2.45) is 5.10 Å². The van der Waals surface area contributed by atoms with Gasteiger partial charge in [0, 0.05) is 18.6 Å². The summed E-state index contributed by atoms with van der Waals surface area (Å²) in [5.74, 6) is 0.768. The number of rotatable bonds is 5. The predicted octanol–water partition coefficient (Wildman–Crippen LogP) is 6.43. The average molecular weight is 441 g/mol. The molecule has 5 nitrogen and oxygen atoms in total. The molecule has 10 heteroatoms. The molecule has 0 unspecified atom stereocenters. The maximum Gasteiger partial charge on any atom is 0.416 e. The summed E-state index contributed by atoms with van der Waals surface area (Å²) in [5.41, 5.74) is 2.98. The number of hydrogen-bond acceptors (Lipinski definition) is 5. The van der Waals surface area contributed by atoms with Crippen LogP contribution in [0.1, 0.15) is 18.1 Å². The highest BCUT2D eigenvalue weighted by atomic mass is 35.5. The lowest BCUT2D eigenvalue weighted by Gasteiger charge is -2.10. The molecule has 0 aliphatic carbocycles. The maximum absolute atomic E-state index is 12.8. The van der Waals surface area contributed by atoms with Gasteiger partial charge in [-0.2, -0.15) is 18.3 Å². The van der Waals surface area contributed by atoms with Crippen molar-refractivity contribution in [3.05, 3.63) is 76.2 Å². The van der Waals surface area contributed by atoms with E-state index in [-0.39, 0.29) is 15.9 Å². The lowest BCUT2D eigenvalue weighted by molar-refractivity contribution is -0.137. The Hall–Kier alpha value is -2.84. The fraction of sp³-hybridized carbons (Fsp3) is 0.105. The van der Waals surface area contributed by atoms with Crippen LogP contribution in [0.5, 0.6) is 11.5 Å². The molecule has 0 fully saturated rings. The number of halogens is 5. The smallest absolute Gasteiger partial charge is 0.416 e. The lowest BCUT2D eigenvalue weighted by Crippen LogP contribution is -2.06. The first-order valence-electron chi connectivity index (χ1n) is 8.15. The number of nitrogens with zero attached hydrogens (tertiary/aromatic N) is 3. The van der Waals surface area contributed by atoms with E-state index >= 15 is 0 Å². The van der Waals surface area contributed by atoms with E-state index in [1.807, 2.05) is 0 Å². The van der Waals surface area contributed by atoms with Crippen LogP contribution in [-0.4, -0.2) is 15.7 Å². The number of alkyl halides is 3. The van der Waals surface area contributed by atoms with Gasteiger partial charge in [0.2, 0.25) is 0 Å². The summed E-state index contributed by atoms with van der Waals surface area (Å²) in [5, 5.41) is 4.63. The molecule has 0 amide bonds. The zero-order chi connectivity index (χ0) is 21.0. The van der Waals surface area contributed by atoms with Gasteiger partial charge in [-0.15, -0.1) is 0 Å². The quantitative estimate of drug-likeness (QED) is 0.366. The third-order valence-electron chi connectivity index (χ3n) is 3.73. The van der Waals surface area contributed by atoms with Crippen LogP contribution in [0, 0.1) is 0 Å². The van der Waals surface area contributed by atoms with Gasteiger partial charge in [0.05, 0.1) is 11.3 Å². The molecule has 1 aromatic carbocycles. The number of aromatic nitrogens is 2. The predicted molar refractivity (Wildman–Crippen MR) is 106 cm³/mol. The molecule has 0 spiro atoms. The van der Waals surface area contributed by atoms with E-state index < -0.39 is 11.7 Å². The molecule has 0 aliphatic rings. The highest BCUT2D eigenvalue weighted by Gasteiger charge is 2.30. The van der Waals surface area contributed by atoms with Crippen molar-refractivity contribution < 1.29 is 17.9 Å². The van der Waals surface area contributed by atoms with Crippen LogP contribution in [0.2, 0.25) is 10.0 Å². The van der Waals surface area contributed by atoms with Crippen molar-refractivity contribution in [3.8, 4) is 11.5 Å². The maximum atomic E-state index is 12.8. The van der Waals surface area contributed by atoms with E-state index in [2.05, 4.69) is 20.5 Å². The first kappa shape index (κ1) is 20.9. The van der Waals surface area contributed by atoms with Gasteiger partial charge in [-0.1, -0.05) is 23.2 Å². The van der Waals surface area contributed by atoms with E-state index in [9.17, 15) is 13.2 Å². The van der Waals surface area contributed by atoms with Crippen molar-refractivity contribution in [1.29, 1.82) is 0 Å². The Kier molecular flexibility index (Phi) is 6.24. The van der Waals surface area contributed by atoms with Gasteiger partial charge in [0.15, 0.2) is 5.75 Å². The molecule has 0 aliphatic heterocycles. The molecule has 2 aromatic heterocycles. The van der Waals surface area contributed by atoms with E-state index in [1.54, 1.807) is 31.2 Å². The second-order valence-corrected chi connectivity index (χ2v) is 6.61. The van der Waals surface area contributed by atoms with Crippen LogP contribution < -0.4 is 10.2 Å². The van der Waals surface area contributed by atoms with E-state index in [1.165, 1.54) is 12.4 Å². The standard InChI is InChI=1S/C19H13Cl2F3N4O/c1-11(27-28-17-8-13(6-7-26-17)19(22,23)24)12-2-4-14(5-3-12)29-18-15(20)9-25-10-16(18)21/h2-10H,1H3,(H,26,28)/b27-11-. The highest BCUT2D eigenvalue weighted by Crippen LogP contribution is 2.35. The fourth-order valence-electron chi connectivity index (χ4n) is 2.25. The molecular formula is C19H13Cl2F3N4O. The molecular weight excluding hydrogens is 428 g/mol. The molecule has 2 heterocycles. The molecule has 3 aromatic rings. The summed E-state index contributed by atoms with van der Waals surface area (Å²) in [7, 11) is 0. The SMILES string of the molecule is C/C(=N/Nc1cc(C(F)(F)F)ccn1)c1ccc(Oc2c(Cl)cncc2Cl)cc1. The number of nitrogens with one attached hydrogen (secondary N) is 1. The number of benzene rings is 1. The summed E-state index contributed by atoms with van der Waals surface area (Å²) in [6.07, 6.45) is -0.547. The van der Waals surface area contributed by atoms with E-state index in [0.717, 1.165) is 23.9 Å². The summed E-state index contributed by atoms with van der Waals surface area (Å²) in [6.45, 7) is 1.70. The minimum atomic E-state index is -4.45. The van der Waals surface area contributed by atoms with Crippen LogP contribution in [0.25, 0.3) is 0 Å². The molecule has 0 saturated heterocycles. The molecule has 150 valence electrons. The largest absolute Gasteiger partial charge is 0.454 e. The zero-order valence-corrected chi connectivity index (χ0v) is 16.3. The summed E-state index contributed by atoms with van der Waals surface area (Å²) >= 11 is 12.0. The molecule has 0 saturated carbocycles. The summed E-state index contributed by atoms with van der Waals surface area (Å²) in [4.78, 5) is 7.68. The van der Waals surface area contributed by atoms with Crippen molar-refractivity contribution in [1.82, 2.24) is 9.97 Å². The second-order valence-electron chi connectivity index (χ2n) is 5.80. The van der Waals surface area contributed by atoms with Crippen molar-refractivity contribution >= 4 is 34.7 Å². The first-order valence-corrected chi connectivity index (χ1v) is 8.90. The minimum absolute atomic E-state index is 0.0129. The van der Waals surface area contributed by atoms with Crippen LogP contribution in [0.15, 0.2) is 60.1 Å². The molecule has 0 radical (unpaired) electrons. The van der Waals surface area contributed by atoms with Gasteiger partial charge in [-0.25, -0.2) is 4.98 Å². The highest BCUT2D eigenvalue weighted by molar-refractivity contribution is 6.36. The topological polar surface area (TPSA) is 59.4 Å². The third-order valence-corrected chi connectivity index (χ3v) is 4.27. The molecule has 0 atom stereocenters. The Morgan fingerprint density at radius 2 is 1.72 bits per heavy atom. The van der Waals surface area contributed by atoms with Gasteiger partial charge < -0.3 is 4.74 Å². The lowest BCUT2D eigenvalue weighted by atomic mass is 10.1. The fourth-order valence-corrected chi connectivity index (χ4v) is 2.69. The van der Waals surface area contributed by atoms with Crippen LogP contribution in [-0.2, 0) is 6.18 Å². The minimum Gasteiger partial charge on any atom is -0.454 e. The number of anilines is 1. The van der Waals surface area contributed by atoms with E-state index in [0.29, 0.717) is 17.2 Å². The number of pyridine rings is 2. The van der Waals surface area contributed by atoms with Gasteiger partial charge in [0.1, 0.15) is 21.6 Å². The van der Waals surface area contributed by atoms with Gasteiger partial charge in [-0.05, 0) is 48.9 Å². The van der Waals surface area contributed by atoms with Crippen LogP contribution in [0.3, 0.4) is 0 Å². The summed E-state index contributed by atoms with van der Waals surface area (Å²) < 4.78 is 43.9. The normalized spacial score (nSPS) is 12.0. The molecule has 3 rings (SSSR count). The van der Waals surface area contributed by atoms with Gasteiger partial charge in [-0.3, -0.25) is 10.4 Å². The zero-order valence-electron chi connectivity index (χ0n) is 14.8. The molecule has 1 N–H and O–H groups in total. The molecule has 0 bridgehead atoms. The first-order chi connectivity index (χ1) is 13.7. The van der Waals surface area contributed by atoms with Crippen molar-refractivity contribution in [2.45, 2.75) is 13.1 Å². The molecule has 29 heavy (non-hydrogen) atoms. The van der Waals surface area contributed by atoms with Crippen molar-refractivity contribution in [3.63, 3.8) is 0 Å². The Morgan fingerprint density at radius 1 is 1.07 bits per heavy atom. The monoisotopic (exact) mass is 440 g/mol. The van der Waals surface area contributed by atoms with E-state index in [4.69, 9.17) is 27.9 Å². The van der Waals surface area contributed by atoms with Crippen LogP contribution in [0.4, 0.5) is 19.0 Å².